The first-order chi connectivity index (χ1) is 8.94. The van der Waals surface area contributed by atoms with E-state index in [1.165, 1.54) is 6.20 Å². The van der Waals surface area contributed by atoms with Gasteiger partial charge >= 0.3 is 0 Å². The number of rotatable bonds is 5. The van der Waals surface area contributed by atoms with E-state index in [2.05, 4.69) is 42.0 Å². The van der Waals surface area contributed by atoms with E-state index in [4.69, 9.17) is 0 Å². The zero-order chi connectivity index (χ0) is 14.9. The highest BCUT2D eigenvalue weighted by molar-refractivity contribution is 8.93. The van der Waals surface area contributed by atoms with Gasteiger partial charge in [0, 0.05) is 17.1 Å². The summed E-state index contributed by atoms with van der Waals surface area (Å²) in [4.78, 5) is 18.4. The fourth-order valence-electron chi connectivity index (χ4n) is 1.24. The van der Waals surface area contributed by atoms with Gasteiger partial charge in [-0.25, -0.2) is 0 Å². The monoisotopic (exact) mass is 363 g/mol. The van der Waals surface area contributed by atoms with E-state index in [1.807, 2.05) is 13.8 Å². The highest BCUT2D eigenvalue weighted by atomic mass is 79.9. The molecule has 0 fully saturated rings. The number of nitrogens with zero attached hydrogens (tertiary/aromatic N) is 1. The maximum absolute atomic E-state index is 11.7. The van der Waals surface area contributed by atoms with Gasteiger partial charge in [0.25, 0.3) is 5.56 Å². The second-order valence-electron chi connectivity index (χ2n) is 4.71. The van der Waals surface area contributed by atoms with Crippen molar-refractivity contribution in [2.24, 2.45) is 0 Å². The van der Waals surface area contributed by atoms with E-state index in [-0.39, 0.29) is 33.3 Å². The van der Waals surface area contributed by atoms with Gasteiger partial charge < -0.3 is 4.98 Å². The molecular formula is C14H26BrN3OS. The van der Waals surface area contributed by atoms with E-state index >= 15 is 0 Å². The number of aromatic nitrogens is 2. The van der Waals surface area contributed by atoms with E-state index < -0.39 is 0 Å². The van der Waals surface area contributed by atoms with Gasteiger partial charge in [0.05, 0.1) is 6.04 Å². The first kappa shape index (κ1) is 21.7. The Morgan fingerprint density at radius 2 is 2.10 bits per heavy atom. The summed E-state index contributed by atoms with van der Waals surface area (Å²) in [5.41, 5.74) is 0.352. The molecule has 1 aromatic heterocycles. The van der Waals surface area contributed by atoms with Gasteiger partial charge in [0.15, 0.2) is 0 Å². The molecule has 0 aliphatic heterocycles. The molecule has 0 aliphatic carbocycles. The lowest BCUT2D eigenvalue weighted by Crippen LogP contribution is -2.27. The molecule has 0 saturated heterocycles. The van der Waals surface area contributed by atoms with Crippen molar-refractivity contribution in [1.29, 1.82) is 0 Å². The second kappa shape index (κ2) is 11.1. The predicted octanol–water partition coefficient (Wildman–Crippen LogP) is 4.03. The number of aromatic amines is 1. The fraction of sp³-hybridized carbons (Fsp3) is 0.571. The number of hydrogen-bond donors (Lipinski definition) is 2. The average Bonchev–Trinajstić information content (AvgIpc) is 2.37. The van der Waals surface area contributed by atoms with Crippen molar-refractivity contribution < 1.29 is 0 Å². The van der Waals surface area contributed by atoms with Crippen LogP contribution >= 0.6 is 28.9 Å². The Labute approximate surface area is 136 Å². The predicted molar refractivity (Wildman–Crippen MR) is 94.6 cm³/mol. The van der Waals surface area contributed by atoms with Crippen molar-refractivity contribution in [3.63, 3.8) is 0 Å². The van der Waals surface area contributed by atoms with Crippen LogP contribution in [0.4, 0.5) is 0 Å². The lowest BCUT2D eigenvalue weighted by atomic mass is 10.1. The summed E-state index contributed by atoms with van der Waals surface area (Å²) in [7, 11) is 0. The van der Waals surface area contributed by atoms with Crippen LogP contribution in [0.5, 0.6) is 0 Å². The van der Waals surface area contributed by atoms with Crippen molar-refractivity contribution in [2.45, 2.75) is 51.8 Å². The van der Waals surface area contributed by atoms with Crippen molar-refractivity contribution in [1.82, 2.24) is 14.7 Å². The average molecular weight is 364 g/mol. The normalized spacial score (nSPS) is 11.7. The van der Waals surface area contributed by atoms with Crippen LogP contribution in [0.2, 0.25) is 0 Å². The van der Waals surface area contributed by atoms with Crippen LogP contribution in [-0.2, 0) is 0 Å². The van der Waals surface area contributed by atoms with Gasteiger partial charge in [-0.3, -0.25) is 14.5 Å². The van der Waals surface area contributed by atoms with Crippen molar-refractivity contribution in [3.05, 3.63) is 41.1 Å². The van der Waals surface area contributed by atoms with Gasteiger partial charge in [-0.2, -0.15) is 0 Å². The quantitative estimate of drug-likeness (QED) is 0.612. The molecule has 1 atom stereocenters. The Bertz CT molecular complexity index is 429. The van der Waals surface area contributed by atoms with Gasteiger partial charge in [-0.1, -0.05) is 31.9 Å². The molecule has 0 aromatic carbocycles. The lowest BCUT2D eigenvalue weighted by molar-refractivity contribution is 0.643. The topological polar surface area (TPSA) is 57.8 Å². The molecule has 0 saturated carbocycles. The molecule has 1 heterocycles. The third kappa shape index (κ3) is 8.55. The third-order valence-electron chi connectivity index (χ3n) is 1.98. The molecule has 0 spiro atoms. The maximum atomic E-state index is 11.7. The van der Waals surface area contributed by atoms with Crippen molar-refractivity contribution in [2.75, 3.05) is 0 Å². The summed E-state index contributed by atoms with van der Waals surface area (Å²) in [5.74, 6) is 0. The van der Waals surface area contributed by atoms with Crippen LogP contribution in [0.3, 0.4) is 0 Å². The smallest absolute Gasteiger partial charge is 0.271 e. The maximum Gasteiger partial charge on any atom is 0.271 e. The zero-order valence-electron chi connectivity index (χ0n) is 12.9. The standard InChI is InChI=1S/C12H19N3OS.C2H6.BrH/c1-5-6-9(15-17-12(2,3)4)10-11(16)14-8-7-13-10;1-2;/h5,7-9,15H,1,6H2,2-4H3,(H,14,16);1-2H3;1H. The van der Waals surface area contributed by atoms with Gasteiger partial charge in [-0.05, 0) is 27.2 Å². The Kier molecular flexibility index (Phi) is 12.1. The first-order valence-corrected chi connectivity index (χ1v) is 7.33. The van der Waals surface area contributed by atoms with Crippen LogP contribution < -0.4 is 10.3 Å². The molecule has 0 aliphatic rings. The summed E-state index contributed by atoms with van der Waals surface area (Å²) >= 11 is 1.59. The molecule has 20 heavy (non-hydrogen) atoms. The molecule has 0 amide bonds. The second-order valence-corrected chi connectivity index (χ2v) is 6.38. The summed E-state index contributed by atoms with van der Waals surface area (Å²) in [6.45, 7) is 14.0. The number of H-pyrrole nitrogens is 1. The van der Waals surface area contributed by atoms with Crippen LogP contribution in [-0.4, -0.2) is 14.7 Å². The number of nitrogens with one attached hydrogen (secondary N) is 2. The van der Waals surface area contributed by atoms with Crippen molar-refractivity contribution >= 4 is 28.9 Å². The summed E-state index contributed by atoms with van der Waals surface area (Å²) < 4.78 is 3.36. The summed E-state index contributed by atoms with van der Waals surface area (Å²) in [5, 5.41) is 0. The third-order valence-corrected chi connectivity index (χ3v) is 2.99. The van der Waals surface area contributed by atoms with E-state index in [9.17, 15) is 4.79 Å². The molecule has 1 aromatic rings. The number of hydrogen-bond acceptors (Lipinski definition) is 4. The zero-order valence-corrected chi connectivity index (χ0v) is 15.4. The van der Waals surface area contributed by atoms with Crippen LogP contribution in [0.25, 0.3) is 0 Å². The first-order valence-electron chi connectivity index (χ1n) is 6.52. The van der Waals surface area contributed by atoms with Crippen molar-refractivity contribution in [3.8, 4) is 0 Å². The molecule has 0 radical (unpaired) electrons. The van der Waals surface area contributed by atoms with Crippen LogP contribution in [0.1, 0.15) is 52.8 Å². The minimum Gasteiger partial charge on any atom is -0.326 e. The molecule has 116 valence electrons. The van der Waals surface area contributed by atoms with E-state index in [0.717, 1.165) is 0 Å². The molecular weight excluding hydrogens is 338 g/mol. The molecule has 4 nitrogen and oxygen atoms in total. The molecule has 2 N–H and O–H groups in total. The molecule has 1 rings (SSSR count). The largest absolute Gasteiger partial charge is 0.326 e. The van der Waals surface area contributed by atoms with Gasteiger partial charge in [0.1, 0.15) is 5.69 Å². The number of halogens is 1. The molecule has 0 bridgehead atoms. The Morgan fingerprint density at radius 3 is 2.55 bits per heavy atom. The SMILES string of the molecule is Br.C=CCC(NSC(C)(C)C)c1ncc[nH]c1=O.CC. The summed E-state index contributed by atoms with van der Waals surface area (Å²) in [6.07, 6.45) is 5.59. The molecule has 6 heteroatoms. The van der Waals surface area contributed by atoms with Gasteiger partial charge in [-0.15, -0.1) is 23.6 Å². The van der Waals surface area contributed by atoms with Crippen LogP contribution in [0.15, 0.2) is 29.8 Å². The van der Waals surface area contributed by atoms with Crippen LogP contribution in [0, 0.1) is 0 Å². The Balaban J connectivity index is 0. The summed E-state index contributed by atoms with van der Waals surface area (Å²) in [6, 6.07) is -0.110. The molecule has 1 unspecified atom stereocenters. The van der Waals surface area contributed by atoms with E-state index in [0.29, 0.717) is 12.1 Å². The Hall–Kier alpha value is -0.590. The fourth-order valence-corrected chi connectivity index (χ4v) is 1.95. The Morgan fingerprint density at radius 1 is 1.50 bits per heavy atom. The lowest BCUT2D eigenvalue weighted by Gasteiger charge is -2.22. The highest BCUT2D eigenvalue weighted by Gasteiger charge is 2.18. The van der Waals surface area contributed by atoms with Gasteiger partial charge in [0.2, 0.25) is 0 Å². The minimum absolute atomic E-state index is 0. The van der Waals surface area contributed by atoms with E-state index in [1.54, 1.807) is 24.2 Å². The minimum atomic E-state index is -0.152. The highest BCUT2D eigenvalue weighted by Crippen LogP contribution is 2.24.